The molecule has 2 nitrogen and oxygen atoms in total. The van der Waals surface area contributed by atoms with Crippen molar-refractivity contribution >= 4 is 31.9 Å². The number of halogens is 2. The van der Waals surface area contributed by atoms with Gasteiger partial charge in [-0.1, -0.05) is 31.9 Å². The number of unbranched alkanes of at least 4 members (excludes halogenated alkanes) is 2. The summed E-state index contributed by atoms with van der Waals surface area (Å²) < 4.78 is 12.0. The van der Waals surface area contributed by atoms with Crippen LogP contribution in [0.15, 0.2) is 0 Å². The Morgan fingerprint density at radius 3 is 1.30 bits per heavy atom. The molecule has 0 saturated carbocycles. The first-order chi connectivity index (χ1) is 9.33. The second kappa shape index (κ2) is 11.4. The maximum atomic E-state index is 5.99. The summed E-state index contributed by atoms with van der Waals surface area (Å²) in [4.78, 5) is 0. The molecule has 0 rings (SSSR count). The molecule has 122 valence electrons. The third-order valence-electron chi connectivity index (χ3n) is 3.37. The smallest absolute Gasteiger partial charge is 0.0627 e. The summed E-state index contributed by atoms with van der Waals surface area (Å²) >= 11 is 6.89. The van der Waals surface area contributed by atoms with Gasteiger partial charge in [-0.15, -0.1) is 0 Å². The van der Waals surface area contributed by atoms with Crippen LogP contribution in [0.5, 0.6) is 0 Å². The second-order valence-corrected chi connectivity index (χ2v) is 8.09. The number of alkyl halides is 2. The Bertz CT molecular complexity index is 207. The van der Waals surface area contributed by atoms with E-state index in [1.54, 1.807) is 0 Å². The Kier molecular flexibility index (Phi) is 12.0. The molecule has 0 heterocycles. The normalized spacial score (nSPS) is 12.9. The van der Waals surface area contributed by atoms with E-state index in [2.05, 4.69) is 59.6 Å². The SMILES string of the molecule is CC(C)(CCC(C)(C)OCCCCBr)OCCCCBr. The molecule has 4 heteroatoms. The molecule has 0 aromatic carbocycles. The van der Waals surface area contributed by atoms with E-state index in [0.29, 0.717) is 0 Å². The summed E-state index contributed by atoms with van der Waals surface area (Å²) in [6.07, 6.45) is 6.68. The van der Waals surface area contributed by atoms with E-state index >= 15 is 0 Å². The lowest BCUT2D eigenvalue weighted by Crippen LogP contribution is -2.32. The summed E-state index contributed by atoms with van der Waals surface area (Å²) in [5, 5.41) is 2.12. The zero-order chi connectivity index (χ0) is 15.5. The maximum Gasteiger partial charge on any atom is 0.0627 e. The molecule has 0 atom stereocenters. The fourth-order valence-corrected chi connectivity index (χ4v) is 2.63. The lowest BCUT2D eigenvalue weighted by Gasteiger charge is -2.31. The van der Waals surface area contributed by atoms with Gasteiger partial charge in [0.25, 0.3) is 0 Å². The van der Waals surface area contributed by atoms with Crippen molar-refractivity contribution < 1.29 is 9.47 Å². The van der Waals surface area contributed by atoms with Gasteiger partial charge in [-0.2, -0.15) is 0 Å². The standard InChI is InChI=1S/C16H32Br2O2/c1-15(2,19-13-7-5-11-17)9-10-16(3,4)20-14-8-6-12-18/h5-14H2,1-4H3. The quantitative estimate of drug-likeness (QED) is 0.283. The highest BCUT2D eigenvalue weighted by atomic mass is 79.9. The molecule has 0 aliphatic carbocycles. The van der Waals surface area contributed by atoms with Crippen molar-refractivity contribution in [2.24, 2.45) is 0 Å². The lowest BCUT2D eigenvalue weighted by molar-refractivity contribution is -0.0647. The van der Waals surface area contributed by atoms with Gasteiger partial charge in [-0.05, 0) is 66.2 Å². The monoisotopic (exact) mass is 414 g/mol. The largest absolute Gasteiger partial charge is 0.376 e. The van der Waals surface area contributed by atoms with E-state index in [9.17, 15) is 0 Å². The van der Waals surface area contributed by atoms with Crippen LogP contribution in [0.25, 0.3) is 0 Å². The fraction of sp³-hybridized carbons (Fsp3) is 1.00. The van der Waals surface area contributed by atoms with Crippen molar-refractivity contribution in [3.05, 3.63) is 0 Å². The summed E-state index contributed by atoms with van der Waals surface area (Å²) in [6.45, 7) is 10.4. The zero-order valence-electron chi connectivity index (χ0n) is 13.6. The van der Waals surface area contributed by atoms with Crippen molar-refractivity contribution in [3.63, 3.8) is 0 Å². The minimum atomic E-state index is -0.0528. The zero-order valence-corrected chi connectivity index (χ0v) is 16.8. The molecule has 0 bridgehead atoms. The van der Waals surface area contributed by atoms with Crippen LogP contribution in [0.3, 0.4) is 0 Å². The van der Waals surface area contributed by atoms with Gasteiger partial charge in [0.15, 0.2) is 0 Å². The Balaban J connectivity index is 3.84. The van der Waals surface area contributed by atoms with E-state index in [1.807, 2.05) is 0 Å². The van der Waals surface area contributed by atoms with Gasteiger partial charge in [-0.25, -0.2) is 0 Å². The van der Waals surface area contributed by atoms with E-state index < -0.39 is 0 Å². The first-order valence-corrected chi connectivity index (χ1v) is 9.97. The van der Waals surface area contributed by atoms with Gasteiger partial charge >= 0.3 is 0 Å². The van der Waals surface area contributed by atoms with Gasteiger partial charge in [-0.3, -0.25) is 0 Å². The predicted molar refractivity (Wildman–Crippen MR) is 95.4 cm³/mol. The molecule has 20 heavy (non-hydrogen) atoms. The molecule has 0 spiro atoms. The Labute approximate surface area is 142 Å². The highest BCUT2D eigenvalue weighted by molar-refractivity contribution is 9.09. The van der Waals surface area contributed by atoms with Gasteiger partial charge in [0.1, 0.15) is 0 Å². The molecule has 0 aromatic rings. The predicted octanol–water partition coefficient (Wildman–Crippen LogP) is 5.71. The number of ether oxygens (including phenoxy) is 2. The Morgan fingerprint density at radius 1 is 0.650 bits per heavy atom. The maximum absolute atomic E-state index is 5.99. The van der Waals surface area contributed by atoms with Gasteiger partial charge in [0, 0.05) is 23.9 Å². The molecule has 0 aromatic heterocycles. The molecular weight excluding hydrogens is 384 g/mol. The van der Waals surface area contributed by atoms with Crippen molar-refractivity contribution in [1.29, 1.82) is 0 Å². The van der Waals surface area contributed by atoms with Crippen LogP contribution < -0.4 is 0 Å². The van der Waals surface area contributed by atoms with Crippen molar-refractivity contribution in [2.45, 2.75) is 77.4 Å². The van der Waals surface area contributed by atoms with Crippen LogP contribution in [0.2, 0.25) is 0 Å². The van der Waals surface area contributed by atoms with Crippen LogP contribution >= 0.6 is 31.9 Å². The van der Waals surface area contributed by atoms with E-state index in [0.717, 1.165) is 49.6 Å². The molecule has 0 radical (unpaired) electrons. The topological polar surface area (TPSA) is 18.5 Å². The van der Waals surface area contributed by atoms with E-state index in [4.69, 9.17) is 9.47 Å². The molecule has 0 unspecified atom stereocenters. The van der Waals surface area contributed by atoms with Crippen LogP contribution in [0.1, 0.15) is 66.2 Å². The first kappa shape index (κ1) is 20.9. The molecule has 0 saturated heterocycles. The summed E-state index contributed by atoms with van der Waals surface area (Å²) in [7, 11) is 0. The lowest BCUT2D eigenvalue weighted by atomic mass is 9.93. The average Bonchev–Trinajstić information content (AvgIpc) is 2.38. The molecule has 0 aliphatic rings. The molecule has 0 amide bonds. The van der Waals surface area contributed by atoms with Crippen LogP contribution in [0.4, 0.5) is 0 Å². The van der Waals surface area contributed by atoms with E-state index in [1.165, 1.54) is 12.8 Å². The Hall–Kier alpha value is 0.880. The molecular formula is C16H32Br2O2. The highest BCUT2D eigenvalue weighted by Crippen LogP contribution is 2.25. The minimum absolute atomic E-state index is 0.0528. The number of rotatable bonds is 13. The molecule has 0 aliphatic heterocycles. The molecule has 0 N–H and O–H groups in total. The van der Waals surface area contributed by atoms with Gasteiger partial charge < -0.3 is 9.47 Å². The number of hydrogen-bond acceptors (Lipinski definition) is 2. The van der Waals surface area contributed by atoms with Crippen LogP contribution in [0, 0.1) is 0 Å². The Morgan fingerprint density at radius 2 is 1.00 bits per heavy atom. The minimum Gasteiger partial charge on any atom is -0.376 e. The van der Waals surface area contributed by atoms with Gasteiger partial charge in [0.05, 0.1) is 11.2 Å². The third kappa shape index (κ3) is 12.6. The molecule has 0 fully saturated rings. The van der Waals surface area contributed by atoms with Crippen molar-refractivity contribution in [1.82, 2.24) is 0 Å². The summed E-state index contributed by atoms with van der Waals surface area (Å²) in [6, 6.07) is 0. The van der Waals surface area contributed by atoms with Crippen molar-refractivity contribution in [3.8, 4) is 0 Å². The first-order valence-electron chi connectivity index (χ1n) is 7.73. The van der Waals surface area contributed by atoms with E-state index in [-0.39, 0.29) is 11.2 Å². The number of hydrogen-bond donors (Lipinski definition) is 0. The van der Waals surface area contributed by atoms with Gasteiger partial charge in [0.2, 0.25) is 0 Å². The van der Waals surface area contributed by atoms with Crippen LogP contribution in [-0.4, -0.2) is 35.1 Å². The second-order valence-electron chi connectivity index (χ2n) is 6.51. The summed E-state index contributed by atoms with van der Waals surface area (Å²) in [5.41, 5.74) is -0.106. The third-order valence-corrected chi connectivity index (χ3v) is 4.49. The fourth-order valence-electron chi connectivity index (χ4n) is 1.84. The summed E-state index contributed by atoms with van der Waals surface area (Å²) in [5.74, 6) is 0. The van der Waals surface area contributed by atoms with Crippen molar-refractivity contribution in [2.75, 3.05) is 23.9 Å². The average molecular weight is 416 g/mol. The van der Waals surface area contributed by atoms with Crippen LogP contribution in [-0.2, 0) is 9.47 Å². The highest BCUT2D eigenvalue weighted by Gasteiger charge is 2.25.